The van der Waals surface area contributed by atoms with Gasteiger partial charge in [-0.25, -0.2) is 0 Å². The molecule has 0 aliphatic carbocycles. The molecule has 3 heteroatoms. The molecule has 92 valence electrons. The van der Waals surface area contributed by atoms with Crippen LogP contribution in [0.3, 0.4) is 0 Å². The summed E-state index contributed by atoms with van der Waals surface area (Å²) in [5.74, 6) is 0.834. The van der Waals surface area contributed by atoms with Gasteiger partial charge in [-0.3, -0.25) is 9.78 Å². The van der Waals surface area contributed by atoms with Crippen LogP contribution in [0.2, 0.25) is 0 Å². The number of ether oxygens (including phenoxy) is 1. The molecular weight excluding hydrogens is 226 g/mol. The predicted molar refractivity (Wildman–Crippen MR) is 70.8 cm³/mol. The van der Waals surface area contributed by atoms with Gasteiger partial charge in [0.15, 0.2) is 0 Å². The number of hydrogen-bond donors (Lipinski definition) is 0. The van der Waals surface area contributed by atoms with Crippen LogP contribution >= 0.6 is 0 Å². The average Bonchev–Trinajstić information content (AvgIpc) is 2.39. The maximum atomic E-state index is 10.7. The first-order chi connectivity index (χ1) is 8.69. The molecule has 2 aromatic rings. The zero-order chi connectivity index (χ0) is 13.0. The highest BCUT2D eigenvalue weighted by Crippen LogP contribution is 2.21. The van der Waals surface area contributed by atoms with Gasteiger partial charge in [0.1, 0.15) is 12.0 Å². The third kappa shape index (κ3) is 2.94. The van der Waals surface area contributed by atoms with Crippen LogP contribution in [0, 0.1) is 0 Å². The van der Waals surface area contributed by atoms with E-state index in [0.717, 1.165) is 23.3 Å². The Kier molecular flexibility index (Phi) is 3.72. The van der Waals surface area contributed by atoms with Gasteiger partial charge in [-0.1, -0.05) is 0 Å². The fraction of sp³-hybridized carbons (Fsp3) is 0.200. The van der Waals surface area contributed by atoms with Crippen LogP contribution in [0.4, 0.5) is 0 Å². The van der Waals surface area contributed by atoms with Gasteiger partial charge in [-0.05, 0) is 50.2 Å². The number of aromatic nitrogens is 1. The van der Waals surface area contributed by atoms with E-state index in [2.05, 4.69) is 4.98 Å². The second-order valence-electron chi connectivity index (χ2n) is 4.28. The summed E-state index contributed by atoms with van der Waals surface area (Å²) in [4.78, 5) is 15.0. The SMILES string of the molecule is CC(C)Oc1ccc(-c2cc(C=O)ccn2)cc1. The molecule has 2 rings (SSSR count). The van der Waals surface area contributed by atoms with Crippen LogP contribution in [0.25, 0.3) is 11.3 Å². The van der Waals surface area contributed by atoms with E-state index in [1.807, 2.05) is 38.1 Å². The molecule has 0 amide bonds. The molecule has 0 fully saturated rings. The number of carbonyl (C=O) groups excluding carboxylic acids is 1. The van der Waals surface area contributed by atoms with Gasteiger partial charge in [0.25, 0.3) is 0 Å². The fourth-order valence-corrected chi connectivity index (χ4v) is 1.65. The minimum absolute atomic E-state index is 0.160. The third-order valence-corrected chi connectivity index (χ3v) is 2.44. The summed E-state index contributed by atoms with van der Waals surface area (Å²) in [6.45, 7) is 3.98. The van der Waals surface area contributed by atoms with E-state index in [1.54, 1.807) is 18.3 Å². The van der Waals surface area contributed by atoms with E-state index in [1.165, 1.54) is 0 Å². The minimum Gasteiger partial charge on any atom is -0.491 e. The normalized spacial score (nSPS) is 10.4. The molecular formula is C15H15NO2. The smallest absolute Gasteiger partial charge is 0.150 e. The maximum absolute atomic E-state index is 10.7. The Bertz CT molecular complexity index is 532. The van der Waals surface area contributed by atoms with Crippen LogP contribution < -0.4 is 4.74 Å². The number of nitrogens with zero attached hydrogens (tertiary/aromatic N) is 1. The van der Waals surface area contributed by atoms with Crippen molar-refractivity contribution >= 4 is 6.29 Å². The number of pyridine rings is 1. The van der Waals surface area contributed by atoms with Crippen molar-refractivity contribution in [3.63, 3.8) is 0 Å². The highest BCUT2D eigenvalue weighted by molar-refractivity contribution is 5.77. The summed E-state index contributed by atoms with van der Waals surface area (Å²) in [5, 5.41) is 0. The lowest BCUT2D eigenvalue weighted by Gasteiger charge is -2.10. The molecule has 0 aliphatic rings. The van der Waals surface area contributed by atoms with Crippen molar-refractivity contribution < 1.29 is 9.53 Å². The molecule has 0 radical (unpaired) electrons. The molecule has 0 atom stereocenters. The van der Waals surface area contributed by atoms with Gasteiger partial charge in [0.2, 0.25) is 0 Å². The van der Waals surface area contributed by atoms with E-state index in [0.29, 0.717) is 5.56 Å². The minimum atomic E-state index is 0.160. The van der Waals surface area contributed by atoms with Gasteiger partial charge in [0.05, 0.1) is 11.8 Å². The predicted octanol–water partition coefficient (Wildman–Crippen LogP) is 3.35. The van der Waals surface area contributed by atoms with Crippen molar-refractivity contribution in [2.75, 3.05) is 0 Å². The van der Waals surface area contributed by atoms with Crippen molar-refractivity contribution in [3.8, 4) is 17.0 Å². The van der Waals surface area contributed by atoms with Crippen molar-refractivity contribution in [2.24, 2.45) is 0 Å². The second kappa shape index (κ2) is 5.45. The molecule has 0 N–H and O–H groups in total. The lowest BCUT2D eigenvalue weighted by atomic mass is 10.1. The van der Waals surface area contributed by atoms with Crippen molar-refractivity contribution in [1.29, 1.82) is 0 Å². The first kappa shape index (κ1) is 12.3. The Morgan fingerprint density at radius 1 is 1.17 bits per heavy atom. The van der Waals surface area contributed by atoms with Crippen LogP contribution in [0.15, 0.2) is 42.6 Å². The second-order valence-corrected chi connectivity index (χ2v) is 4.28. The first-order valence-corrected chi connectivity index (χ1v) is 5.87. The van der Waals surface area contributed by atoms with Crippen molar-refractivity contribution in [2.45, 2.75) is 20.0 Å². The van der Waals surface area contributed by atoms with Gasteiger partial charge < -0.3 is 4.74 Å². The molecule has 0 saturated heterocycles. The molecule has 0 unspecified atom stereocenters. The quantitative estimate of drug-likeness (QED) is 0.770. The Hall–Kier alpha value is -2.16. The third-order valence-electron chi connectivity index (χ3n) is 2.44. The van der Waals surface area contributed by atoms with Crippen LogP contribution in [0.5, 0.6) is 5.75 Å². The monoisotopic (exact) mass is 241 g/mol. The maximum Gasteiger partial charge on any atom is 0.150 e. The molecule has 1 heterocycles. The van der Waals surface area contributed by atoms with Crippen molar-refractivity contribution in [3.05, 3.63) is 48.2 Å². The van der Waals surface area contributed by atoms with Gasteiger partial charge in [0, 0.05) is 17.3 Å². The number of hydrogen-bond acceptors (Lipinski definition) is 3. The van der Waals surface area contributed by atoms with Gasteiger partial charge in [-0.2, -0.15) is 0 Å². The lowest BCUT2D eigenvalue weighted by Crippen LogP contribution is -2.05. The highest BCUT2D eigenvalue weighted by Gasteiger charge is 2.02. The number of benzene rings is 1. The molecule has 0 spiro atoms. The van der Waals surface area contributed by atoms with Crippen LogP contribution in [-0.4, -0.2) is 17.4 Å². The number of aldehydes is 1. The topological polar surface area (TPSA) is 39.2 Å². The first-order valence-electron chi connectivity index (χ1n) is 5.87. The Balaban J connectivity index is 2.25. The summed E-state index contributed by atoms with van der Waals surface area (Å²) < 4.78 is 5.57. The van der Waals surface area contributed by atoms with Gasteiger partial charge >= 0.3 is 0 Å². The van der Waals surface area contributed by atoms with Crippen LogP contribution in [0.1, 0.15) is 24.2 Å². The molecule has 0 saturated carbocycles. The standard InChI is InChI=1S/C15H15NO2/c1-11(2)18-14-5-3-13(4-6-14)15-9-12(10-17)7-8-16-15/h3-11H,1-2H3. The van der Waals surface area contributed by atoms with Crippen molar-refractivity contribution in [1.82, 2.24) is 4.98 Å². The summed E-state index contributed by atoms with van der Waals surface area (Å²) >= 11 is 0. The Morgan fingerprint density at radius 2 is 1.89 bits per heavy atom. The Labute approximate surface area is 106 Å². The van der Waals surface area contributed by atoms with E-state index >= 15 is 0 Å². The summed E-state index contributed by atoms with van der Waals surface area (Å²) in [7, 11) is 0. The fourth-order valence-electron chi connectivity index (χ4n) is 1.65. The highest BCUT2D eigenvalue weighted by atomic mass is 16.5. The molecule has 0 aliphatic heterocycles. The average molecular weight is 241 g/mol. The number of rotatable bonds is 4. The number of carbonyl (C=O) groups is 1. The van der Waals surface area contributed by atoms with Gasteiger partial charge in [-0.15, -0.1) is 0 Å². The molecule has 1 aromatic carbocycles. The van der Waals surface area contributed by atoms with E-state index < -0.39 is 0 Å². The summed E-state index contributed by atoms with van der Waals surface area (Å²) in [6, 6.07) is 11.1. The van der Waals surface area contributed by atoms with E-state index in [4.69, 9.17) is 4.74 Å². The summed E-state index contributed by atoms with van der Waals surface area (Å²) in [6.07, 6.45) is 2.62. The van der Waals surface area contributed by atoms with E-state index in [-0.39, 0.29) is 6.10 Å². The molecule has 0 bridgehead atoms. The zero-order valence-electron chi connectivity index (χ0n) is 10.5. The zero-order valence-corrected chi connectivity index (χ0v) is 10.5. The van der Waals surface area contributed by atoms with E-state index in [9.17, 15) is 4.79 Å². The Morgan fingerprint density at radius 3 is 2.50 bits per heavy atom. The summed E-state index contributed by atoms with van der Waals surface area (Å²) in [5.41, 5.74) is 2.38. The molecule has 18 heavy (non-hydrogen) atoms. The largest absolute Gasteiger partial charge is 0.491 e. The molecule has 3 nitrogen and oxygen atoms in total. The lowest BCUT2D eigenvalue weighted by molar-refractivity contribution is 0.112. The van der Waals surface area contributed by atoms with Crippen LogP contribution in [-0.2, 0) is 0 Å². The molecule has 1 aromatic heterocycles.